The van der Waals surface area contributed by atoms with Gasteiger partial charge in [-0.05, 0) is 132 Å². The first-order valence-corrected chi connectivity index (χ1v) is 17.0. The third kappa shape index (κ3) is 6.18. The van der Waals surface area contributed by atoms with Crippen LogP contribution >= 0.6 is 0 Å². The Morgan fingerprint density at radius 3 is 2.45 bits per heavy atom. The predicted molar refractivity (Wildman–Crippen MR) is 168 cm³/mol. The molecule has 4 aliphatic carbocycles. The van der Waals surface area contributed by atoms with Gasteiger partial charge in [0, 0.05) is 18.5 Å². The minimum atomic E-state index is -0.254. The highest BCUT2D eigenvalue weighted by Gasteiger charge is 2.59. The fourth-order valence-electron chi connectivity index (χ4n) is 10.0. The van der Waals surface area contributed by atoms with E-state index >= 15 is 0 Å². The molecule has 0 heterocycles. The molecule has 0 aromatic heterocycles. The van der Waals surface area contributed by atoms with Crippen LogP contribution < -0.4 is 5.32 Å². The van der Waals surface area contributed by atoms with Gasteiger partial charge in [-0.25, -0.2) is 4.79 Å². The van der Waals surface area contributed by atoms with Crippen molar-refractivity contribution in [1.82, 2.24) is 10.2 Å². The van der Waals surface area contributed by atoms with Gasteiger partial charge in [-0.3, -0.25) is 0 Å². The molecule has 0 radical (unpaired) electrons. The van der Waals surface area contributed by atoms with Crippen LogP contribution in [-0.4, -0.2) is 43.3 Å². The molecular weight excluding hydrogens is 492 g/mol. The minimum Gasteiger partial charge on any atom is -0.446 e. The lowest BCUT2D eigenvalue weighted by Crippen LogP contribution is -2.51. The molecule has 0 aliphatic heterocycles. The van der Waals surface area contributed by atoms with Crippen LogP contribution in [0.3, 0.4) is 0 Å². The molecule has 0 aromatic rings. The van der Waals surface area contributed by atoms with Crippen molar-refractivity contribution in [3.63, 3.8) is 0 Å². The van der Waals surface area contributed by atoms with Crippen molar-refractivity contribution < 1.29 is 9.53 Å². The van der Waals surface area contributed by atoms with Crippen molar-refractivity contribution in [1.29, 1.82) is 0 Å². The van der Waals surface area contributed by atoms with Gasteiger partial charge in [-0.2, -0.15) is 0 Å². The Balaban J connectivity index is 1.37. The van der Waals surface area contributed by atoms with E-state index < -0.39 is 0 Å². The smallest absolute Gasteiger partial charge is 0.407 e. The Morgan fingerprint density at radius 1 is 1.07 bits per heavy atom. The molecule has 4 aliphatic rings. The van der Waals surface area contributed by atoms with Crippen molar-refractivity contribution in [3.05, 3.63) is 11.6 Å². The van der Waals surface area contributed by atoms with Crippen LogP contribution in [0.5, 0.6) is 0 Å². The van der Waals surface area contributed by atoms with Crippen molar-refractivity contribution in [2.24, 2.45) is 52.3 Å². The fraction of sp³-hybridized carbons (Fsp3) is 0.917. The maximum atomic E-state index is 12.7. The summed E-state index contributed by atoms with van der Waals surface area (Å²) < 4.78 is 5.98. The van der Waals surface area contributed by atoms with Crippen LogP contribution in [-0.2, 0) is 4.74 Å². The summed E-state index contributed by atoms with van der Waals surface area (Å²) in [6.45, 7) is 19.9. The number of hydrogen-bond donors (Lipinski definition) is 1. The lowest BCUT2D eigenvalue weighted by atomic mass is 9.47. The first-order chi connectivity index (χ1) is 18.7. The summed E-state index contributed by atoms with van der Waals surface area (Å²) >= 11 is 0. The zero-order valence-corrected chi connectivity index (χ0v) is 27.9. The number of nitrogens with one attached hydrogen (secondary N) is 1. The van der Waals surface area contributed by atoms with Crippen LogP contribution in [0.4, 0.5) is 4.79 Å². The molecule has 230 valence electrons. The predicted octanol–water partition coefficient (Wildman–Crippen LogP) is 9.10. The first-order valence-electron chi connectivity index (χ1n) is 17.0. The van der Waals surface area contributed by atoms with Crippen LogP contribution in [0, 0.1) is 52.3 Å². The average Bonchev–Trinajstić information content (AvgIpc) is 3.25. The van der Waals surface area contributed by atoms with Gasteiger partial charge >= 0.3 is 6.09 Å². The summed E-state index contributed by atoms with van der Waals surface area (Å²) in [4.78, 5) is 14.8. The number of allylic oxidation sites excluding steroid dienone is 1. The third-order valence-electron chi connectivity index (χ3n) is 13.4. The molecule has 0 aromatic carbocycles. The number of carbonyl (C=O) groups is 1. The lowest BCUT2D eigenvalue weighted by Gasteiger charge is -2.58. The van der Waals surface area contributed by atoms with E-state index in [2.05, 4.69) is 71.7 Å². The lowest BCUT2D eigenvalue weighted by molar-refractivity contribution is -0.0584. The molecular formula is C36H64N2O2. The molecule has 3 fully saturated rings. The van der Waals surface area contributed by atoms with Gasteiger partial charge in [0.1, 0.15) is 6.10 Å². The molecule has 1 unspecified atom stereocenters. The number of carbonyl (C=O) groups excluding carboxylic acids is 1. The third-order valence-corrected chi connectivity index (χ3v) is 13.4. The molecule has 0 saturated heterocycles. The zero-order valence-electron chi connectivity index (χ0n) is 27.9. The van der Waals surface area contributed by atoms with E-state index in [9.17, 15) is 4.79 Å². The number of ether oxygens (including phenoxy) is 1. The van der Waals surface area contributed by atoms with E-state index in [1.165, 1.54) is 51.4 Å². The molecule has 40 heavy (non-hydrogen) atoms. The summed E-state index contributed by atoms with van der Waals surface area (Å²) in [5.41, 5.74) is 2.32. The molecule has 1 amide bonds. The fourth-order valence-corrected chi connectivity index (χ4v) is 10.0. The van der Waals surface area contributed by atoms with Gasteiger partial charge in [0.2, 0.25) is 0 Å². The Labute approximate surface area is 247 Å². The molecule has 9 atom stereocenters. The van der Waals surface area contributed by atoms with Gasteiger partial charge < -0.3 is 15.0 Å². The monoisotopic (exact) mass is 556 g/mol. The number of rotatable bonds is 10. The maximum absolute atomic E-state index is 12.7. The average molecular weight is 557 g/mol. The summed E-state index contributed by atoms with van der Waals surface area (Å²) in [7, 11) is 4.10. The summed E-state index contributed by atoms with van der Waals surface area (Å²) in [6.07, 6.45) is 16.6. The second-order valence-electron chi connectivity index (χ2n) is 16.3. The highest BCUT2D eigenvalue weighted by Crippen LogP contribution is 2.67. The summed E-state index contributed by atoms with van der Waals surface area (Å²) in [5, 5.41) is 3.02. The SMILES string of the molecule is CC[C@H](CC[C@@H](C)C1CC[C@H]2[C@@H]3CC=C4C[C@@H](OC(=O)NCC(C)(C)N(C)C)CC[C@]4(C)[C@H]3CC[C@]12C)C(C)C. The van der Waals surface area contributed by atoms with E-state index in [1.807, 2.05) is 14.1 Å². The van der Waals surface area contributed by atoms with Crippen molar-refractivity contribution in [2.45, 2.75) is 138 Å². The number of likely N-dealkylation sites (N-methyl/N-ethyl adjacent to an activating group) is 1. The van der Waals surface area contributed by atoms with E-state index in [1.54, 1.807) is 5.57 Å². The Kier molecular flexibility index (Phi) is 9.80. The van der Waals surface area contributed by atoms with Gasteiger partial charge in [0.05, 0.1) is 0 Å². The van der Waals surface area contributed by atoms with Crippen molar-refractivity contribution in [3.8, 4) is 0 Å². The largest absolute Gasteiger partial charge is 0.446 e. The van der Waals surface area contributed by atoms with Crippen molar-refractivity contribution in [2.75, 3.05) is 20.6 Å². The van der Waals surface area contributed by atoms with E-state index in [0.717, 1.165) is 60.7 Å². The standard InChI is InChI=1S/C36H64N2O2/c1-11-26(24(2)3)13-12-25(4)30-16-17-31-29-15-14-27-22-28(40-33(39)37-23-34(5,6)38(9)10)18-20-35(27,7)32(29)19-21-36(30,31)8/h14,24-26,28-32H,11-13,15-23H2,1-10H3,(H,37,39)/t25-,26-,28+,29+,30?,31+,32+,35+,36-/m1/s1. The number of alkyl carbamates (subject to hydrolysis) is 1. The van der Waals surface area contributed by atoms with E-state index in [-0.39, 0.29) is 17.7 Å². The topological polar surface area (TPSA) is 41.6 Å². The Morgan fingerprint density at radius 2 is 1.80 bits per heavy atom. The molecule has 0 spiro atoms. The molecule has 4 rings (SSSR count). The van der Waals surface area contributed by atoms with Crippen molar-refractivity contribution >= 4 is 6.09 Å². The van der Waals surface area contributed by atoms with Crippen LogP contribution in [0.2, 0.25) is 0 Å². The highest BCUT2D eigenvalue weighted by molar-refractivity contribution is 5.67. The first kappa shape index (κ1) is 31.9. The number of nitrogens with zero attached hydrogens (tertiary/aromatic N) is 1. The summed E-state index contributed by atoms with van der Waals surface area (Å²) in [5.74, 6) is 6.00. The Bertz CT molecular complexity index is 908. The quantitative estimate of drug-likeness (QED) is 0.273. The molecule has 1 N–H and O–H groups in total. The van der Waals surface area contributed by atoms with Gasteiger partial charge in [0.15, 0.2) is 0 Å². The van der Waals surface area contributed by atoms with E-state index in [4.69, 9.17) is 4.74 Å². The Hall–Kier alpha value is -1.03. The highest BCUT2D eigenvalue weighted by atomic mass is 16.6. The second kappa shape index (κ2) is 12.3. The molecule has 4 nitrogen and oxygen atoms in total. The second-order valence-corrected chi connectivity index (χ2v) is 16.3. The normalized spacial score (nSPS) is 37.3. The van der Waals surface area contributed by atoms with E-state index in [0.29, 0.717) is 17.4 Å². The van der Waals surface area contributed by atoms with Crippen LogP contribution in [0.15, 0.2) is 11.6 Å². The number of fused-ring (bicyclic) bond motifs is 5. The van der Waals surface area contributed by atoms with Crippen LogP contribution in [0.25, 0.3) is 0 Å². The minimum absolute atomic E-state index is 0.0155. The van der Waals surface area contributed by atoms with Gasteiger partial charge in [-0.15, -0.1) is 0 Å². The molecule has 0 bridgehead atoms. The maximum Gasteiger partial charge on any atom is 0.407 e. The summed E-state index contributed by atoms with van der Waals surface area (Å²) in [6, 6.07) is 0. The zero-order chi connectivity index (χ0) is 29.5. The van der Waals surface area contributed by atoms with Gasteiger partial charge in [-0.1, -0.05) is 66.0 Å². The molecule has 3 saturated carbocycles. The number of amides is 1. The number of hydrogen-bond acceptors (Lipinski definition) is 3. The van der Waals surface area contributed by atoms with Gasteiger partial charge in [0.25, 0.3) is 0 Å². The van der Waals surface area contributed by atoms with Crippen LogP contribution in [0.1, 0.15) is 126 Å². The molecule has 4 heteroatoms.